The van der Waals surface area contributed by atoms with Crippen LogP contribution in [0.4, 0.5) is 0 Å². The third-order valence-corrected chi connectivity index (χ3v) is 2.98. The van der Waals surface area contributed by atoms with Crippen LogP contribution in [0.2, 0.25) is 0 Å². The van der Waals surface area contributed by atoms with Crippen molar-refractivity contribution in [3.63, 3.8) is 0 Å². The zero-order chi connectivity index (χ0) is 10.2. The Labute approximate surface area is 75.7 Å². The Morgan fingerprint density at radius 1 is 1.00 bits per heavy atom. The Balaban J connectivity index is 4.82. The van der Waals surface area contributed by atoms with Crippen LogP contribution < -0.4 is 0 Å². The van der Waals surface area contributed by atoms with Crippen molar-refractivity contribution in [3.8, 4) is 0 Å². The quantitative estimate of drug-likeness (QED) is 0.649. The summed E-state index contributed by atoms with van der Waals surface area (Å²) in [5, 5.41) is 0. The minimum Gasteiger partial charge on any atom is -0.144 e. The summed E-state index contributed by atoms with van der Waals surface area (Å²) in [6.45, 7) is 11.6. The Morgan fingerprint density at radius 2 is 1.25 bits per heavy atom. The van der Waals surface area contributed by atoms with Crippen molar-refractivity contribution in [2.45, 2.75) is 52.6 Å². The van der Waals surface area contributed by atoms with Crippen LogP contribution in [0.25, 0.3) is 0 Å². The van der Waals surface area contributed by atoms with Crippen LogP contribution in [0.1, 0.15) is 41.5 Å². The van der Waals surface area contributed by atoms with E-state index in [1.807, 2.05) is 41.5 Å². The van der Waals surface area contributed by atoms with Gasteiger partial charge >= 0.3 is 8.18 Å². The summed E-state index contributed by atoms with van der Waals surface area (Å²) >= 11 is 0. The molecule has 0 aliphatic carbocycles. The van der Waals surface area contributed by atoms with Gasteiger partial charge < -0.3 is 0 Å². The molecule has 0 aliphatic rings. The molecule has 0 fully saturated rings. The molecular weight excluding hydrogens is 173 g/mol. The molecule has 0 saturated heterocycles. The summed E-state index contributed by atoms with van der Waals surface area (Å²) in [6.07, 6.45) is 0. The fraction of sp³-hybridized carbons (Fsp3) is 1.00. The van der Waals surface area contributed by atoms with E-state index in [1.54, 1.807) is 4.67 Å². The molecule has 0 spiro atoms. The summed E-state index contributed by atoms with van der Waals surface area (Å²) in [7, 11) is -2.26. The molecule has 1 N–H and O–H groups in total. The smallest absolute Gasteiger partial charge is 0.144 e. The molecule has 3 nitrogen and oxygen atoms in total. The van der Waals surface area contributed by atoms with Crippen LogP contribution in [0, 0.1) is 0 Å². The second-order valence-electron chi connectivity index (χ2n) is 4.91. The maximum Gasteiger partial charge on any atom is 0.614 e. The summed E-state index contributed by atoms with van der Waals surface area (Å²) < 4.78 is 12.7. The molecule has 1 unspecified atom stereocenters. The molecule has 12 heavy (non-hydrogen) atoms. The van der Waals surface area contributed by atoms with Gasteiger partial charge in [-0.1, -0.05) is 4.67 Å². The van der Waals surface area contributed by atoms with Crippen LogP contribution in [-0.2, 0) is 4.57 Å². The number of nitrogens with zero attached hydrogens (tertiary/aromatic N) is 1. The SMILES string of the molecule is CC(C)(C)N([P+](=O)O)C(C)(C)C. The highest BCUT2D eigenvalue weighted by Gasteiger charge is 2.45. The van der Waals surface area contributed by atoms with Gasteiger partial charge in [-0.25, -0.2) is 0 Å². The zero-order valence-corrected chi connectivity index (χ0v) is 9.64. The highest BCUT2D eigenvalue weighted by molar-refractivity contribution is 7.35. The van der Waals surface area contributed by atoms with Crippen molar-refractivity contribution in [2.24, 2.45) is 0 Å². The van der Waals surface area contributed by atoms with Crippen LogP contribution >= 0.6 is 8.18 Å². The van der Waals surface area contributed by atoms with Crippen molar-refractivity contribution in [1.82, 2.24) is 4.67 Å². The normalized spacial score (nSPS) is 15.2. The first-order valence-corrected chi connectivity index (χ1v) is 5.19. The average molecular weight is 192 g/mol. The first-order valence-electron chi connectivity index (χ1n) is 4.03. The molecule has 72 valence electrons. The molecule has 0 saturated carbocycles. The summed E-state index contributed by atoms with van der Waals surface area (Å²) in [5.74, 6) is 0. The molecule has 0 aromatic rings. The van der Waals surface area contributed by atoms with Crippen molar-refractivity contribution in [1.29, 1.82) is 0 Å². The predicted molar refractivity (Wildman–Crippen MR) is 51.2 cm³/mol. The van der Waals surface area contributed by atoms with Crippen LogP contribution in [-0.4, -0.2) is 20.6 Å². The van der Waals surface area contributed by atoms with Crippen LogP contribution in [0.15, 0.2) is 0 Å². The first-order chi connectivity index (χ1) is 5.07. The third-order valence-electron chi connectivity index (χ3n) is 1.44. The van der Waals surface area contributed by atoms with E-state index in [0.717, 1.165) is 0 Å². The molecule has 1 atom stereocenters. The third kappa shape index (κ3) is 3.18. The van der Waals surface area contributed by atoms with Gasteiger partial charge in [0.2, 0.25) is 0 Å². The van der Waals surface area contributed by atoms with Crippen molar-refractivity contribution in [2.75, 3.05) is 0 Å². The van der Waals surface area contributed by atoms with Crippen molar-refractivity contribution in [3.05, 3.63) is 0 Å². The fourth-order valence-electron chi connectivity index (χ4n) is 1.52. The van der Waals surface area contributed by atoms with E-state index >= 15 is 0 Å². The summed E-state index contributed by atoms with van der Waals surface area (Å²) in [6, 6.07) is 0. The summed E-state index contributed by atoms with van der Waals surface area (Å²) in [5.41, 5.74) is -0.555. The van der Waals surface area contributed by atoms with E-state index in [-0.39, 0.29) is 11.1 Å². The van der Waals surface area contributed by atoms with E-state index in [1.165, 1.54) is 0 Å². The van der Waals surface area contributed by atoms with Crippen LogP contribution in [0.3, 0.4) is 0 Å². The van der Waals surface area contributed by atoms with E-state index in [4.69, 9.17) is 4.89 Å². The van der Waals surface area contributed by atoms with Gasteiger partial charge in [-0.05, 0) is 46.1 Å². The van der Waals surface area contributed by atoms with Gasteiger partial charge in [0.25, 0.3) is 0 Å². The monoisotopic (exact) mass is 192 g/mol. The van der Waals surface area contributed by atoms with Gasteiger partial charge in [0, 0.05) is 0 Å². The minimum absolute atomic E-state index is 0.277. The molecule has 0 amide bonds. The second kappa shape index (κ2) is 3.41. The second-order valence-corrected chi connectivity index (χ2v) is 5.81. The van der Waals surface area contributed by atoms with Gasteiger partial charge in [-0.15, -0.1) is 4.89 Å². The van der Waals surface area contributed by atoms with Gasteiger partial charge in [-0.3, -0.25) is 0 Å². The van der Waals surface area contributed by atoms with Gasteiger partial charge in [0.05, 0.1) is 11.1 Å². The lowest BCUT2D eigenvalue weighted by Gasteiger charge is -2.33. The Bertz CT molecular complexity index is 164. The lowest BCUT2D eigenvalue weighted by Crippen LogP contribution is -2.47. The number of hydrogen-bond donors (Lipinski definition) is 1. The topological polar surface area (TPSA) is 40.5 Å². The molecule has 4 heteroatoms. The molecule has 0 bridgehead atoms. The lowest BCUT2D eigenvalue weighted by atomic mass is 10.0. The maximum atomic E-state index is 11.1. The minimum atomic E-state index is -2.26. The van der Waals surface area contributed by atoms with Gasteiger partial charge in [0.15, 0.2) is 0 Å². The van der Waals surface area contributed by atoms with Crippen LogP contribution in [0.5, 0.6) is 0 Å². The lowest BCUT2D eigenvalue weighted by molar-refractivity contribution is 0.128. The molecule has 0 rings (SSSR count). The van der Waals surface area contributed by atoms with E-state index in [2.05, 4.69) is 0 Å². The van der Waals surface area contributed by atoms with E-state index in [9.17, 15) is 4.57 Å². The Morgan fingerprint density at radius 3 is 1.25 bits per heavy atom. The Hall–Kier alpha value is 0.0200. The van der Waals surface area contributed by atoms with Crippen molar-refractivity contribution >= 4 is 8.18 Å². The molecule has 0 aromatic carbocycles. The number of hydrogen-bond acceptors (Lipinski definition) is 1. The van der Waals surface area contributed by atoms with E-state index < -0.39 is 8.18 Å². The predicted octanol–water partition coefficient (Wildman–Crippen LogP) is 2.54. The molecule has 0 aliphatic heterocycles. The summed E-state index contributed by atoms with van der Waals surface area (Å²) in [4.78, 5) is 9.12. The fourth-order valence-corrected chi connectivity index (χ4v) is 2.55. The number of rotatable bonds is 1. The van der Waals surface area contributed by atoms with Gasteiger partial charge in [-0.2, -0.15) is 0 Å². The van der Waals surface area contributed by atoms with E-state index in [0.29, 0.717) is 0 Å². The molecular formula is C8H19NO2P+. The zero-order valence-electron chi connectivity index (χ0n) is 8.75. The van der Waals surface area contributed by atoms with Gasteiger partial charge in [0.1, 0.15) is 0 Å². The maximum absolute atomic E-state index is 11.1. The average Bonchev–Trinajstić information content (AvgIpc) is 1.49. The largest absolute Gasteiger partial charge is 0.614 e. The van der Waals surface area contributed by atoms with Crippen molar-refractivity contribution < 1.29 is 9.46 Å². The standard InChI is InChI=1S/C8H18NO2P/c1-7(2,3)9(12(10)11)8(4,5)6/h1-6H3/p+1. The molecule has 0 aromatic heterocycles. The highest BCUT2D eigenvalue weighted by Crippen LogP contribution is 2.38. The Kier molecular flexibility index (Phi) is 3.41. The molecule has 0 radical (unpaired) electrons. The first kappa shape index (κ1) is 12.0. The molecule has 0 heterocycles. The highest BCUT2D eigenvalue weighted by atomic mass is 31.1.